The maximum absolute atomic E-state index is 15.1. The second-order valence-electron chi connectivity index (χ2n) is 22.4. The third-order valence-corrected chi connectivity index (χ3v) is 15.7. The van der Waals surface area contributed by atoms with E-state index in [1.165, 1.54) is 21.9 Å². The first kappa shape index (κ1) is 48.2. The third-order valence-electron chi connectivity index (χ3n) is 14.9. The molecule has 5 aliphatic rings. The van der Waals surface area contributed by atoms with Gasteiger partial charge in [-0.3, -0.25) is 29.3 Å². The molecule has 3 atom stereocenters. The number of ether oxygens (including phenoxy) is 2. The van der Waals surface area contributed by atoms with Gasteiger partial charge in [-0.15, -0.1) is 11.3 Å². The van der Waals surface area contributed by atoms with Crippen LogP contribution in [0, 0.1) is 16.7 Å². The van der Waals surface area contributed by atoms with Gasteiger partial charge in [0, 0.05) is 83.6 Å². The average molecular weight is 949 g/mol. The number of cyclic esters (lactones) is 1. The molecule has 1 saturated carbocycles. The number of hydrazine groups is 1. The molecule has 9 rings (SSSR count). The fourth-order valence-corrected chi connectivity index (χ4v) is 12.6. The van der Waals surface area contributed by atoms with Crippen molar-refractivity contribution in [2.45, 2.75) is 156 Å². The fourth-order valence-electron chi connectivity index (χ4n) is 11.8. The zero-order chi connectivity index (χ0) is 48.1. The van der Waals surface area contributed by atoms with E-state index in [9.17, 15) is 14.4 Å². The summed E-state index contributed by atoms with van der Waals surface area (Å²) >= 11 is 1.50. The summed E-state index contributed by atoms with van der Waals surface area (Å²) in [4.78, 5) is 71.1. The van der Waals surface area contributed by atoms with Crippen molar-refractivity contribution in [3.63, 3.8) is 0 Å². The molecule has 3 amide bonds. The molecular formula is C53H72N8O6S. The highest BCUT2D eigenvalue weighted by molar-refractivity contribution is 7.10. The van der Waals surface area contributed by atoms with Crippen LogP contribution in [-0.2, 0) is 43.2 Å². The number of piperidine rings is 1. The molecule has 2 N–H and O–H groups in total. The van der Waals surface area contributed by atoms with Gasteiger partial charge in [0.05, 0.1) is 34.7 Å². The number of likely N-dealkylation sites (tertiary alicyclic amines) is 2. The Morgan fingerprint density at radius 1 is 1.03 bits per heavy atom. The Morgan fingerprint density at radius 3 is 2.54 bits per heavy atom. The second-order valence-corrected chi connectivity index (χ2v) is 23.4. The molecule has 14 nitrogen and oxygen atoms in total. The van der Waals surface area contributed by atoms with Gasteiger partial charge in [0.15, 0.2) is 0 Å². The Hall–Kier alpha value is -4.86. The second kappa shape index (κ2) is 19.1. The summed E-state index contributed by atoms with van der Waals surface area (Å²) in [5.41, 5.74) is 9.49. The smallest absolute Gasteiger partial charge is 0.410 e. The van der Waals surface area contributed by atoms with E-state index < -0.39 is 35.1 Å². The number of hydrogen-bond acceptors (Lipinski definition) is 11. The maximum atomic E-state index is 15.1. The van der Waals surface area contributed by atoms with Crippen molar-refractivity contribution in [2.75, 3.05) is 39.3 Å². The quantitative estimate of drug-likeness (QED) is 0.173. The first-order valence-corrected chi connectivity index (χ1v) is 26.1. The van der Waals surface area contributed by atoms with Crippen LogP contribution in [0.15, 0.2) is 41.9 Å². The molecule has 3 saturated heterocycles. The van der Waals surface area contributed by atoms with Crippen LogP contribution in [0.5, 0.6) is 0 Å². The van der Waals surface area contributed by atoms with Crippen molar-refractivity contribution in [1.82, 2.24) is 40.1 Å². The van der Waals surface area contributed by atoms with Crippen molar-refractivity contribution >= 4 is 46.1 Å². The lowest BCUT2D eigenvalue weighted by Gasteiger charge is -2.55. The summed E-state index contributed by atoms with van der Waals surface area (Å²) in [5, 5.41) is 8.76. The van der Waals surface area contributed by atoms with Crippen LogP contribution in [-0.4, -0.2) is 116 Å². The summed E-state index contributed by atoms with van der Waals surface area (Å²) in [7, 11) is 0. The maximum Gasteiger partial charge on any atom is 0.410 e. The molecule has 366 valence electrons. The lowest BCUT2D eigenvalue weighted by molar-refractivity contribution is -0.155. The number of aryl methyl sites for hydroxylation is 1. The first-order valence-electron chi connectivity index (χ1n) is 25.2. The molecule has 1 aromatic carbocycles. The summed E-state index contributed by atoms with van der Waals surface area (Å²) in [6.45, 7) is 20.5. The molecule has 68 heavy (non-hydrogen) atoms. The van der Waals surface area contributed by atoms with Gasteiger partial charge < -0.3 is 24.3 Å². The third kappa shape index (κ3) is 9.94. The number of benzene rings is 1. The highest BCUT2D eigenvalue weighted by atomic mass is 32.1. The Labute approximate surface area is 405 Å². The van der Waals surface area contributed by atoms with Crippen LogP contribution in [0.1, 0.15) is 129 Å². The van der Waals surface area contributed by atoms with Gasteiger partial charge in [-0.2, -0.15) is 0 Å². The van der Waals surface area contributed by atoms with Gasteiger partial charge in [-0.05, 0) is 121 Å². The van der Waals surface area contributed by atoms with Crippen molar-refractivity contribution < 1.29 is 28.7 Å². The highest BCUT2D eigenvalue weighted by Crippen LogP contribution is 2.44. The summed E-state index contributed by atoms with van der Waals surface area (Å²) in [5.74, 6) is -0.470. The zero-order valence-corrected chi connectivity index (χ0v) is 42.3. The minimum absolute atomic E-state index is 0.101. The topological polar surface area (TPSA) is 151 Å². The van der Waals surface area contributed by atoms with Gasteiger partial charge in [0.25, 0.3) is 5.91 Å². The number of nitrogens with zero attached hydrogens (tertiary/aromatic N) is 6. The van der Waals surface area contributed by atoms with Crippen LogP contribution >= 0.6 is 11.3 Å². The summed E-state index contributed by atoms with van der Waals surface area (Å²) in [6.07, 6.45) is 9.50. The molecule has 1 spiro atoms. The number of carbonyl (C=O) groups excluding carboxylic acids is 4. The lowest BCUT2D eigenvalue weighted by Crippen LogP contribution is -2.67. The van der Waals surface area contributed by atoms with Crippen LogP contribution in [0.4, 0.5) is 4.79 Å². The molecule has 6 bridgehead atoms. The zero-order valence-electron chi connectivity index (χ0n) is 41.5. The number of fused-ring (bicyclic) bond motifs is 6. The number of pyridine rings is 1. The number of nitrogens with one attached hydrogen (secondary N) is 2. The van der Waals surface area contributed by atoms with Crippen LogP contribution in [0.3, 0.4) is 0 Å². The summed E-state index contributed by atoms with van der Waals surface area (Å²) < 4.78 is 14.3. The van der Waals surface area contributed by atoms with E-state index in [-0.39, 0.29) is 48.2 Å². The largest absolute Gasteiger partial charge is 0.464 e. The van der Waals surface area contributed by atoms with E-state index in [2.05, 4.69) is 84.5 Å². The van der Waals surface area contributed by atoms with Crippen molar-refractivity contribution in [3.05, 3.63) is 58.2 Å². The Balaban J connectivity index is 1.05. The van der Waals surface area contributed by atoms with Crippen molar-refractivity contribution in [3.8, 4) is 22.5 Å². The fraction of sp³-hybridized carbons (Fsp3) is 0.623. The van der Waals surface area contributed by atoms with Gasteiger partial charge in [0.2, 0.25) is 5.91 Å². The Kier molecular flexibility index (Phi) is 13.6. The van der Waals surface area contributed by atoms with E-state index in [0.717, 1.165) is 95.7 Å². The molecule has 1 aliphatic carbocycles. The van der Waals surface area contributed by atoms with Crippen molar-refractivity contribution in [1.29, 1.82) is 0 Å². The number of amides is 3. The Morgan fingerprint density at radius 2 is 1.81 bits per heavy atom. The molecule has 0 radical (unpaired) electrons. The van der Waals surface area contributed by atoms with E-state index in [4.69, 9.17) is 19.4 Å². The normalized spacial score (nSPS) is 23.1. The van der Waals surface area contributed by atoms with E-state index in [0.29, 0.717) is 45.4 Å². The molecule has 0 unspecified atom stereocenters. The molecule has 7 heterocycles. The number of thiazole rings is 1. The number of hydrogen-bond donors (Lipinski definition) is 2. The highest BCUT2D eigenvalue weighted by Gasteiger charge is 2.51. The van der Waals surface area contributed by atoms with Crippen LogP contribution in [0.2, 0.25) is 0 Å². The summed E-state index contributed by atoms with van der Waals surface area (Å²) in [6, 6.07) is 8.70. The molecular weight excluding hydrogens is 877 g/mol. The monoisotopic (exact) mass is 949 g/mol. The number of carbonyl (C=O) groups is 4. The van der Waals surface area contributed by atoms with Gasteiger partial charge in [-0.25, -0.2) is 15.2 Å². The molecule has 15 heteroatoms. The molecule has 3 aromatic heterocycles. The lowest BCUT2D eigenvalue weighted by atomic mass is 9.72. The minimum atomic E-state index is -0.930. The van der Waals surface area contributed by atoms with Crippen molar-refractivity contribution in [2.24, 2.45) is 16.7 Å². The predicted octanol–water partition coefficient (Wildman–Crippen LogP) is 8.51. The van der Waals surface area contributed by atoms with E-state index in [1.807, 2.05) is 33.0 Å². The molecule has 4 aliphatic heterocycles. The van der Waals surface area contributed by atoms with Crippen LogP contribution < -0.4 is 10.7 Å². The van der Waals surface area contributed by atoms with E-state index in [1.54, 1.807) is 4.90 Å². The van der Waals surface area contributed by atoms with Gasteiger partial charge in [0.1, 0.15) is 17.7 Å². The first-order chi connectivity index (χ1) is 32.4. The SMILES string of the molecule is CCn1c(-c2cccnc2C(C)C)c2c3cc(ccc31)-c1csc(n1)C[C@H](NC(=O)[C@H](C1CCCC1)N1CCCC3(CN(C(=O)OC(C)(C)C)C3)C1)C(=O)N1CCC[C@H](N1)C(=O)OCC(C)(C)C2. The van der Waals surface area contributed by atoms with Crippen LogP contribution in [0.25, 0.3) is 33.4 Å². The standard InChI is InChI=1S/C53H72N8O6S/c1-9-60-42-20-19-35-25-37(42)38(46(60)36-17-12-22-54-44(36)33(2)3)27-52(7,8)32-66-49(64)39-18-13-24-61(57-39)48(63)40(26-43-55-41(35)28-68-43)56-47(62)45(34-15-10-11-16-34)58-23-14-21-53(29-58)30-59(31-53)50(65)67-51(4,5)6/h12,17,19-20,22,25,28,33-34,39-40,45,57H,9-11,13-16,18,21,23-24,26-27,29-32H2,1-8H3,(H,56,62)/t39-,40-,45-/m0/s1. The minimum Gasteiger partial charge on any atom is -0.464 e. The van der Waals surface area contributed by atoms with E-state index >= 15 is 4.79 Å². The Bertz CT molecular complexity index is 2530. The van der Waals surface area contributed by atoms with Gasteiger partial charge in [-0.1, -0.05) is 46.6 Å². The molecule has 4 aromatic rings. The predicted molar refractivity (Wildman–Crippen MR) is 265 cm³/mol. The number of aromatic nitrogens is 3. The average Bonchev–Trinajstić information content (AvgIpc) is 4.06. The number of esters is 1. The molecule has 4 fully saturated rings. The van der Waals surface area contributed by atoms with Gasteiger partial charge >= 0.3 is 12.1 Å². The number of rotatable bonds is 7.